The number of ether oxygens (including phenoxy) is 1. The average Bonchev–Trinajstić information content (AvgIpc) is 2.87. The molecular weight excluding hydrogens is 316 g/mol. The van der Waals surface area contributed by atoms with E-state index >= 15 is 0 Å². The monoisotopic (exact) mass is 330 g/mol. The number of halogens is 1. The molecule has 3 heteroatoms. The molecule has 0 aliphatic carbocycles. The Labute approximate surface area is 126 Å². The van der Waals surface area contributed by atoms with Gasteiger partial charge in [0.2, 0.25) is 0 Å². The molecule has 0 aromatic heterocycles. The largest absolute Gasteiger partial charge is 0.461 e. The Morgan fingerprint density at radius 2 is 1.50 bits per heavy atom. The van der Waals surface area contributed by atoms with E-state index in [4.69, 9.17) is 4.74 Å². The Hall–Kier alpha value is -1.61. The molecule has 0 amide bonds. The lowest BCUT2D eigenvalue weighted by Crippen LogP contribution is -2.33. The molecule has 3 rings (SSSR count). The summed E-state index contributed by atoms with van der Waals surface area (Å²) >= 11 is 3.42. The van der Waals surface area contributed by atoms with E-state index in [1.54, 1.807) is 0 Å². The Balaban J connectivity index is 2.17. The molecule has 0 bridgehead atoms. The molecule has 0 N–H and O–H groups in total. The fraction of sp³-hybridized carbons (Fsp3) is 0.235. The van der Waals surface area contributed by atoms with E-state index < -0.39 is 5.41 Å². The first-order chi connectivity index (χ1) is 9.77. The molecule has 102 valence electrons. The highest BCUT2D eigenvalue weighted by Crippen LogP contribution is 2.43. The Morgan fingerprint density at radius 3 is 1.90 bits per heavy atom. The van der Waals surface area contributed by atoms with Crippen LogP contribution in [0.2, 0.25) is 0 Å². The third-order valence-corrected chi connectivity index (χ3v) is 4.58. The average molecular weight is 331 g/mol. The number of esters is 1. The zero-order chi connectivity index (χ0) is 14.0. The highest BCUT2D eigenvalue weighted by molar-refractivity contribution is 9.09. The molecule has 1 atom stereocenters. The van der Waals surface area contributed by atoms with Gasteiger partial charge in [-0.2, -0.15) is 0 Å². The summed E-state index contributed by atoms with van der Waals surface area (Å²) in [7, 11) is 0. The van der Waals surface area contributed by atoms with Gasteiger partial charge in [0.25, 0.3) is 0 Å². The van der Waals surface area contributed by atoms with Gasteiger partial charge in [0, 0.05) is 11.8 Å². The second-order valence-electron chi connectivity index (χ2n) is 5.02. The molecule has 20 heavy (non-hydrogen) atoms. The SMILES string of the molecule is O=C1OC(CBr)CC1(c1ccccc1)c1ccccc1. The zero-order valence-electron chi connectivity index (χ0n) is 11.0. The molecule has 0 spiro atoms. The summed E-state index contributed by atoms with van der Waals surface area (Å²) in [5.41, 5.74) is 1.32. The van der Waals surface area contributed by atoms with Gasteiger partial charge in [0.05, 0.1) is 0 Å². The van der Waals surface area contributed by atoms with E-state index in [0.717, 1.165) is 11.1 Å². The quantitative estimate of drug-likeness (QED) is 0.633. The van der Waals surface area contributed by atoms with Crippen LogP contribution < -0.4 is 0 Å². The minimum absolute atomic E-state index is 0.0806. The molecule has 2 aromatic carbocycles. The Bertz CT molecular complexity index is 555. The smallest absolute Gasteiger partial charge is 0.321 e. The first kappa shape index (κ1) is 13.4. The van der Waals surface area contributed by atoms with Crippen LogP contribution in [0.5, 0.6) is 0 Å². The van der Waals surface area contributed by atoms with Crippen molar-refractivity contribution in [1.82, 2.24) is 0 Å². The van der Waals surface area contributed by atoms with Crippen LogP contribution in [-0.2, 0) is 14.9 Å². The molecule has 2 nitrogen and oxygen atoms in total. The molecule has 1 saturated heterocycles. The van der Waals surface area contributed by atoms with Crippen molar-refractivity contribution in [3.05, 3.63) is 71.8 Å². The van der Waals surface area contributed by atoms with Crippen molar-refractivity contribution in [3.8, 4) is 0 Å². The highest BCUT2D eigenvalue weighted by Gasteiger charge is 2.51. The second-order valence-corrected chi connectivity index (χ2v) is 5.67. The van der Waals surface area contributed by atoms with E-state index in [1.807, 2.05) is 60.7 Å². The summed E-state index contributed by atoms with van der Waals surface area (Å²) in [5.74, 6) is -0.153. The van der Waals surface area contributed by atoms with E-state index in [2.05, 4.69) is 15.9 Å². The summed E-state index contributed by atoms with van der Waals surface area (Å²) in [6.07, 6.45) is 0.591. The van der Waals surface area contributed by atoms with Crippen molar-refractivity contribution < 1.29 is 9.53 Å². The van der Waals surface area contributed by atoms with Crippen molar-refractivity contribution in [2.24, 2.45) is 0 Å². The summed E-state index contributed by atoms with van der Waals surface area (Å²) in [4.78, 5) is 12.6. The zero-order valence-corrected chi connectivity index (χ0v) is 12.5. The minimum atomic E-state index is -0.680. The topological polar surface area (TPSA) is 26.3 Å². The summed E-state index contributed by atoms with van der Waals surface area (Å²) in [6.45, 7) is 0. The van der Waals surface area contributed by atoms with Crippen molar-refractivity contribution in [1.29, 1.82) is 0 Å². The first-order valence-corrected chi connectivity index (χ1v) is 7.77. The highest BCUT2D eigenvalue weighted by atomic mass is 79.9. The normalized spacial score (nSPS) is 20.6. The molecule has 1 aliphatic heterocycles. The molecule has 1 heterocycles. The van der Waals surface area contributed by atoms with Crippen LogP contribution in [-0.4, -0.2) is 17.4 Å². The number of hydrogen-bond acceptors (Lipinski definition) is 2. The lowest BCUT2D eigenvalue weighted by atomic mass is 9.72. The van der Waals surface area contributed by atoms with Crippen molar-refractivity contribution in [3.63, 3.8) is 0 Å². The van der Waals surface area contributed by atoms with E-state index in [1.165, 1.54) is 0 Å². The molecular formula is C17H15BrO2. The lowest BCUT2D eigenvalue weighted by molar-refractivity contribution is -0.143. The van der Waals surface area contributed by atoms with Crippen LogP contribution in [0.3, 0.4) is 0 Å². The van der Waals surface area contributed by atoms with Crippen molar-refractivity contribution in [2.45, 2.75) is 17.9 Å². The van der Waals surface area contributed by atoms with Gasteiger partial charge in [-0.25, -0.2) is 0 Å². The summed E-state index contributed by atoms with van der Waals surface area (Å²) in [5, 5.41) is 0.667. The maximum Gasteiger partial charge on any atom is 0.321 e. The van der Waals surface area contributed by atoms with Crippen LogP contribution in [0.4, 0.5) is 0 Å². The number of carbonyl (C=O) groups is 1. The third kappa shape index (κ3) is 2.06. The molecule has 1 fully saturated rings. The van der Waals surface area contributed by atoms with Gasteiger partial charge in [0.1, 0.15) is 11.5 Å². The molecule has 1 aliphatic rings. The van der Waals surface area contributed by atoms with Crippen LogP contribution in [0, 0.1) is 0 Å². The number of benzene rings is 2. The Kier molecular flexibility index (Phi) is 3.62. The maximum absolute atomic E-state index is 12.6. The second kappa shape index (κ2) is 5.41. The van der Waals surface area contributed by atoms with E-state index in [9.17, 15) is 4.79 Å². The number of hydrogen-bond donors (Lipinski definition) is 0. The van der Waals surface area contributed by atoms with Gasteiger partial charge in [-0.15, -0.1) is 0 Å². The fourth-order valence-corrected chi connectivity index (χ4v) is 3.25. The number of cyclic esters (lactones) is 1. The number of rotatable bonds is 3. The predicted octanol–water partition coefficient (Wildman–Crippen LogP) is 3.68. The maximum atomic E-state index is 12.6. The lowest BCUT2D eigenvalue weighted by Gasteiger charge is -2.26. The molecule has 0 saturated carbocycles. The summed E-state index contributed by atoms with van der Waals surface area (Å²) in [6, 6.07) is 19.8. The summed E-state index contributed by atoms with van der Waals surface area (Å²) < 4.78 is 5.55. The molecule has 2 aromatic rings. The third-order valence-electron chi connectivity index (χ3n) is 3.86. The van der Waals surface area contributed by atoms with Gasteiger partial charge in [-0.1, -0.05) is 76.6 Å². The van der Waals surface area contributed by atoms with Gasteiger partial charge < -0.3 is 4.74 Å². The molecule has 0 radical (unpaired) electrons. The van der Waals surface area contributed by atoms with Gasteiger partial charge in [-0.05, 0) is 11.1 Å². The minimum Gasteiger partial charge on any atom is -0.461 e. The van der Waals surface area contributed by atoms with Crippen molar-refractivity contribution in [2.75, 3.05) is 5.33 Å². The van der Waals surface area contributed by atoms with E-state index in [-0.39, 0.29) is 12.1 Å². The number of carbonyl (C=O) groups excluding carboxylic acids is 1. The van der Waals surface area contributed by atoms with Crippen LogP contribution in [0.1, 0.15) is 17.5 Å². The van der Waals surface area contributed by atoms with Crippen LogP contribution in [0.25, 0.3) is 0 Å². The fourth-order valence-electron chi connectivity index (χ4n) is 2.89. The van der Waals surface area contributed by atoms with Gasteiger partial charge in [0.15, 0.2) is 0 Å². The standard InChI is InChI=1S/C17H15BrO2/c18-12-15-11-17(16(19)20-15,13-7-3-1-4-8-13)14-9-5-2-6-10-14/h1-10,15H,11-12H2. The van der Waals surface area contributed by atoms with Gasteiger partial charge >= 0.3 is 5.97 Å². The predicted molar refractivity (Wildman–Crippen MR) is 82.0 cm³/mol. The van der Waals surface area contributed by atoms with Crippen LogP contribution in [0.15, 0.2) is 60.7 Å². The molecule has 1 unspecified atom stereocenters. The Morgan fingerprint density at radius 1 is 1.00 bits per heavy atom. The van der Waals surface area contributed by atoms with Crippen molar-refractivity contribution >= 4 is 21.9 Å². The van der Waals surface area contributed by atoms with Crippen LogP contribution >= 0.6 is 15.9 Å². The number of alkyl halides is 1. The van der Waals surface area contributed by atoms with Gasteiger partial charge in [-0.3, -0.25) is 4.79 Å². The van der Waals surface area contributed by atoms with E-state index in [0.29, 0.717) is 11.8 Å². The first-order valence-electron chi connectivity index (χ1n) is 6.65.